The molecule has 4 heteroatoms. The van der Waals surface area contributed by atoms with Gasteiger partial charge in [0.15, 0.2) is 6.10 Å². The predicted molar refractivity (Wildman–Crippen MR) is 85.9 cm³/mol. The number of unbranched alkanes of at least 4 members (excludes halogenated alkanes) is 1. The monoisotopic (exact) mass is 290 g/mol. The molecule has 0 fully saturated rings. The number of rotatable bonds is 6. The van der Waals surface area contributed by atoms with Crippen molar-refractivity contribution >= 4 is 11.6 Å². The van der Waals surface area contributed by atoms with Gasteiger partial charge in [0.2, 0.25) is 0 Å². The number of hydrogen-bond acceptors (Lipinski definition) is 3. The van der Waals surface area contributed by atoms with Crippen LogP contribution in [0.15, 0.2) is 18.2 Å². The van der Waals surface area contributed by atoms with Gasteiger partial charge in [0.25, 0.3) is 5.91 Å². The first-order valence-corrected chi connectivity index (χ1v) is 7.94. The number of aryl methyl sites for hydroxylation is 1. The zero-order valence-corrected chi connectivity index (χ0v) is 13.2. The predicted octanol–water partition coefficient (Wildman–Crippen LogP) is 3.12. The Morgan fingerprint density at radius 2 is 2.33 bits per heavy atom. The van der Waals surface area contributed by atoms with Gasteiger partial charge < -0.3 is 15.4 Å². The van der Waals surface area contributed by atoms with Crippen LogP contribution in [0.4, 0.5) is 5.69 Å². The maximum atomic E-state index is 12.0. The second-order valence-electron chi connectivity index (χ2n) is 5.78. The van der Waals surface area contributed by atoms with Gasteiger partial charge in [0.1, 0.15) is 5.75 Å². The van der Waals surface area contributed by atoms with E-state index < -0.39 is 6.10 Å². The van der Waals surface area contributed by atoms with Crippen LogP contribution in [-0.4, -0.2) is 24.6 Å². The fourth-order valence-electron chi connectivity index (χ4n) is 2.51. The molecule has 0 saturated carbocycles. The lowest BCUT2D eigenvalue weighted by Gasteiger charge is -2.27. The Kier molecular flexibility index (Phi) is 5.48. The molecule has 1 amide bonds. The van der Waals surface area contributed by atoms with Gasteiger partial charge in [-0.3, -0.25) is 4.79 Å². The second-order valence-corrected chi connectivity index (χ2v) is 5.78. The third kappa shape index (κ3) is 4.13. The van der Waals surface area contributed by atoms with Gasteiger partial charge in [-0.25, -0.2) is 0 Å². The largest absolute Gasteiger partial charge is 0.479 e. The number of fused-ring (bicyclic) bond motifs is 1. The number of hydrogen-bond donors (Lipinski definition) is 2. The first kappa shape index (κ1) is 15.7. The highest BCUT2D eigenvalue weighted by molar-refractivity contribution is 5.81. The van der Waals surface area contributed by atoms with Crippen molar-refractivity contribution in [2.45, 2.75) is 58.6 Å². The summed E-state index contributed by atoms with van der Waals surface area (Å²) in [6, 6.07) is 6.48. The smallest absolute Gasteiger partial charge is 0.260 e. The number of nitrogens with one attached hydrogen (secondary N) is 2. The number of carbonyl (C=O) groups is 1. The SMILES string of the molecule is CCCCNC(=O)C(C)Oc1cccc2c1NC(C)CC2. The number of carbonyl (C=O) groups excluding carboxylic acids is 1. The van der Waals surface area contributed by atoms with Crippen LogP contribution in [0, 0.1) is 0 Å². The van der Waals surface area contributed by atoms with Gasteiger partial charge in [-0.05, 0) is 44.7 Å². The molecule has 2 atom stereocenters. The fourth-order valence-corrected chi connectivity index (χ4v) is 2.51. The lowest BCUT2D eigenvalue weighted by molar-refractivity contribution is -0.127. The maximum Gasteiger partial charge on any atom is 0.260 e. The maximum absolute atomic E-state index is 12.0. The highest BCUT2D eigenvalue weighted by Crippen LogP contribution is 2.34. The minimum Gasteiger partial charge on any atom is -0.479 e. The highest BCUT2D eigenvalue weighted by atomic mass is 16.5. The van der Waals surface area contributed by atoms with Crippen molar-refractivity contribution in [2.75, 3.05) is 11.9 Å². The summed E-state index contributed by atoms with van der Waals surface area (Å²) in [5.74, 6) is 0.724. The Bertz CT molecular complexity index is 488. The van der Waals surface area contributed by atoms with Gasteiger partial charge in [-0.2, -0.15) is 0 Å². The van der Waals surface area contributed by atoms with Gasteiger partial charge in [-0.1, -0.05) is 25.5 Å². The molecule has 2 N–H and O–H groups in total. The van der Waals surface area contributed by atoms with Crippen LogP contribution in [0.3, 0.4) is 0 Å². The van der Waals surface area contributed by atoms with E-state index >= 15 is 0 Å². The normalized spacial score (nSPS) is 18.3. The summed E-state index contributed by atoms with van der Waals surface area (Å²) < 4.78 is 5.88. The van der Waals surface area contributed by atoms with E-state index in [9.17, 15) is 4.79 Å². The van der Waals surface area contributed by atoms with Crippen molar-refractivity contribution in [1.82, 2.24) is 5.32 Å². The molecule has 0 spiro atoms. The number of benzene rings is 1. The van der Waals surface area contributed by atoms with Crippen LogP contribution in [0.25, 0.3) is 0 Å². The molecule has 4 nitrogen and oxygen atoms in total. The summed E-state index contributed by atoms with van der Waals surface area (Å²) in [6.45, 7) is 6.79. The van der Waals surface area contributed by atoms with E-state index in [1.165, 1.54) is 5.56 Å². The molecule has 0 radical (unpaired) electrons. The van der Waals surface area contributed by atoms with Gasteiger partial charge >= 0.3 is 0 Å². The summed E-state index contributed by atoms with van der Waals surface area (Å²) in [6.07, 6.45) is 3.77. The third-order valence-electron chi connectivity index (χ3n) is 3.85. The van der Waals surface area contributed by atoms with Gasteiger partial charge in [-0.15, -0.1) is 0 Å². The molecule has 1 aliphatic heterocycles. The zero-order chi connectivity index (χ0) is 15.2. The quantitative estimate of drug-likeness (QED) is 0.791. The van der Waals surface area contributed by atoms with E-state index in [2.05, 4.69) is 30.5 Å². The fraction of sp³-hybridized carbons (Fsp3) is 0.588. The van der Waals surface area contributed by atoms with E-state index in [4.69, 9.17) is 4.74 Å². The summed E-state index contributed by atoms with van der Waals surface area (Å²) in [4.78, 5) is 12.0. The summed E-state index contributed by atoms with van der Waals surface area (Å²) in [7, 11) is 0. The van der Waals surface area contributed by atoms with E-state index in [1.54, 1.807) is 6.92 Å². The van der Waals surface area contributed by atoms with Crippen LogP contribution in [0.1, 0.15) is 45.6 Å². The minimum absolute atomic E-state index is 0.0510. The molecule has 1 aliphatic rings. The molecule has 2 rings (SSSR count). The van der Waals surface area contributed by atoms with Crippen LogP contribution in [0.5, 0.6) is 5.75 Å². The van der Waals surface area contributed by atoms with Crippen LogP contribution in [0.2, 0.25) is 0 Å². The molecule has 116 valence electrons. The Labute approximate surface area is 127 Å². The van der Waals surface area contributed by atoms with Crippen molar-refractivity contribution in [2.24, 2.45) is 0 Å². The number of ether oxygens (including phenoxy) is 1. The Hall–Kier alpha value is -1.71. The standard InChI is InChI=1S/C17H26N2O2/c1-4-5-11-18-17(20)13(3)21-15-8-6-7-14-10-9-12(2)19-16(14)15/h6-8,12-13,19H,4-5,9-11H2,1-3H3,(H,18,20). The Morgan fingerprint density at radius 1 is 1.52 bits per heavy atom. The van der Waals surface area contributed by atoms with Crippen molar-refractivity contribution < 1.29 is 9.53 Å². The van der Waals surface area contributed by atoms with Crippen LogP contribution in [-0.2, 0) is 11.2 Å². The van der Waals surface area contributed by atoms with E-state index in [0.29, 0.717) is 12.6 Å². The third-order valence-corrected chi connectivity index (χ3v) is 3.85. The van der Waals surface area contributed by atoms with Gasteiger partial charge in [0.05, 0.1) is 5.69 Å². The lowest BCUT2D eigenvalue weighted by Crippen LogP contribution is -2.37. The van der Waals surface area contributed by atoms with E-state index in [-0.39, 0.29) is 5.91 Å². The average Bonchev–Trinajstić information content (AvgIpc) is 2.48. The summed E-state index contributed by atoms with van der Waals surface area (Å²) in [5, 5.41) is 6.38. The number of para-hydroxylation sites is 1. The average molecular weight is 290 g/mol. The van der Waals surface area contributed by atoms with Crippen LogP contribution < -0.4 is 15.4 Å². The van der Waals surface area contributed by atoms with Gasteiger partial charge in [0, 0.05) is 12.6 Å². The highest BCUT2D eigenvalue weighted by Gasteiger charge is 2.21. The topological polar surface area (TPSA) is 50.4 Å². The molecular formula is C17H26N2O2. The lowest BCUT2D eigenvalue weighted by atomic mass is 9.98. The minimum atomic E-state index is -0.479. The molecular weight excluding hydrogens is 264 g/mol. The molecule has 1 aromatic rings. The molecule has 0 aromatic heterocycles. The molecule has 0 aliphatic carbocycles. The molecule has 0 saturated heterocycles. The molecule has 0 bridgehead atoms. The van der Waals surface area contributed by atoms with Crippen molar-refractivity contribution in [3.05, 3.63) is 23.8 Å². The number of amides is 1. The molecule has 21 heavy (non-hydrogen) atoms. The van der Waals surface area contributed by atoms with Crippen molar-refractivity contribution in [1.29, 1.82) is 0 Å². The van der Waals surface area contributed by atoms with Crippen molar-refractivity contribution in [3.8, 4) is 5.75 Å². The second kappa shape index (κ2) is 7.34. The van der Waals surface area contributed by atoms with Crippen molar-refractivity contribution in [3.63, 3.8) is 0 Å². The Balaban J connectivity index is 2.01. The molecule has 1 heterocycles. The van der Waals surface area contributed by atoms with E-state index in [0.717, 1.165) is 37.1 Å². The first-order valence-electron chi connectivity index (χ1n) is 7.94. The number of anilines is 1. The van der Waals surface area contributed by atoms with Crippen LogP contribution >= 0.6 is 0 Å². The summed E-state index contributed by atoms with van der Waals surface area (Å²) >= 11 is 0. The van der Waals surface area contributed by atoms with E-state index in [1.807, 2.05) is 12.1 Å². The molecule has 1 aromatic carbocycles. The molecule has 2 unspecified atom stereocenters. The zero-order valence-electron chi connectivity index (χ0n) is 13.2. The summed E-state index contributed by atoms with van der Waals surface area (Å²) in [5.41, 5.74) is 2.31. The Morgan fingerprint density at radius 3 is 3.10 bits per heavy atom. The first-order chi connectivity index (χ1) is 10.1.